The van der Waals surface area contributed by atoms with Gasteiger partial charge in [0.25, 0.3) is 0 Å². The van der Waals surface area contributed by atoms with Crippen LogP contribution in [0.3, 0.4) is 0 Å². The van der Waals surface area contributed by atoms with Gasteiger partial charge in [0.05, 0.1) is 23.4 Å². The minimum Gasteiger partial charge on any atom is -0.496 e. The Morgan fingerprint density at radius 2 is 1.87 bits per heavy atom. The first-order valence-electron chi connectivity index (χ1n) is 12.2. The van der Waals surface area contributed by atoms with Gasteiger partial charge in [-0.05, 0) is 58.2 Å². The average molecular weight is 568 g/mol. The Morgan fingerprint density at radius 1 is 1.21 bits per heavy atom. The summed E-state index contributed by atoms with van der Waals surface area (Å²) in [5, 5.41) is 0.298. The molecule has 1 heterocycles. The summed E-state index contributed by atoms with van der Waals surface area (Å²) in [6.45, 7) is 6.15. The number of anilines is 1. The molecule has 0 atom stereocenters. The molecule has 0 saturated heterocycles. The van der Waals surface area contributed by atoms with Gasteiger partial charge in [-0.2, -0.15) is 13.2 Å². The fourth-order valence-electron chi connectivity index (χ4n) is 4.40. The Morgan fingerprint density at radius 3 is 2.46 bits per heavy atom. The number of allylic oxidation sites excluding steroid dienone is 2. The molecule has 0 fully saturated rings. The molecule has 1 aliphatic rings. The third-order valence-corrected chi connectivity index (χ3v) is 6.62. The van der Waals surface area contributed by atoms with Gasteiger partial charge in [-0.15, -0.1) is 0 Å². The van der Waals surface area contributed by atoms with Crippen molar-refractivity contribution in [2.45, 2.75) is 65.8 Å². The topological polar surface area (TPSA) is 82.1 Å². The molecule has 1 amide bonds. The molecule has 7 nitrogen and oxygen atoms in total. The van der Waals surface area contributed by atoms with E-state index in [9.17, 15) is 27.6 Å². The van der Waals surface area contributed by atoms with Crippen LogP contribution < -0.4 is 14.4 Å². The molecule has 0 saturated carbocycles. The highest BCUT2D eigenvalue weighted by Gasteiger charge is 2.47. The van der Waals surface area contributed by atoms with E-state index in [-0.39, 0.29) is 47.8 Å². The molecule has 0 spiro atoms. The number of hydrogen-bond donors (Lipinski definition) is 0. The van der Waals surface area contributed by atoms with E-state index in [2.05, 4.69) is 0 Å². The first-order chi connectivity index (χ1) is 18.3. The number of alkyl halides is 3. The molecule has 2 aromatic carbocycles. The van der Waals surface area contributed by atoms with Gasteiger partial charge in [-0.1, -0.05) is 35.4 Å². The Bertz CT molecular complexity index is 1320. The molecule has 0 radical (unpaired) electrons. The maximum Gasteiger partial charge on any atom is 0.471 e. The number of nitrogens with zero attached hydrogens (tertiary/aromatic N) is 1. The van der Waals surface area contributed by atoms with Gasteiger partial charge in [-0.25, -0.2) is 4.79 Å². The number of carbonyl (C=O) groups excluding carboxylic acids is 3. The molecule has 2 aromatic rings. The second-order valence-corrected chi connectivity index (χ2v) is 9.75. The number of para-hydroxylation sites is 1. The maximum absolute atomic E-state index is 13.7. The lowest BCUT2D eigenvalue weighted by atomic mass is 9.92. The van der Waals surface area contributed by atoms with Gasteiger partial charge in [0.1, 0.15) is 18.1 Å². The SMILES string of the molecule is COc1c(C)c2c(c(N(C(=O)C(F)(F)F)C(C)C)c1CC=C(C)CCC(=O)Oc1ccccc1Cl)C(=O)OC2. The predicted molar refractivity (Wildman–Crippen MR) is 139 cm³/mol. The number of halogens is 4. The van der Waals surface area contributed by atoms with Gasteiger partial charge in [0.15, 0.2) is 0 Å². The summed E-state index contributed by atoms with van der Waals surface area (Å²) in [6, 6.07) is 5.62. The van der Waals surface area contributed by atoms with Crippen molar-refractivity contribution >= 4 is 35.1 Å². The van der Waals surface area contributed by atoms with E-state index in [4.69, 9.17) is 25.8 Å². The normalized spacial score (nSPS) is 13.3. The van der Waals surface area contributed by atoms with Crippen molar-refractivity contribution < 1.29 is 41.8 Å². The van der Waals surface area contributed by atoms with E-state index in [1.807, 2.05) is 0 Å². The van der Waals surface area contributed by atoms with E-state index in [1.165, 1.54) is 21.0 Å². The van der Waals surface area contributed by atoms with Crippen LogP contribution >= 0.6 is 11.6 Å². The van der Waals surface area contributed by atoms with Crippen LogP contribution in [0.15, 0.2) is 35.9 Å². The molecule has 0 bridgehead atoms. The number of methoxy groups -OCH3 is 1. The average Bonchev–Trinajstić information content (AvgIpc) is 3.25. The summed E-state index contributed by atoms with van der Waals surface area (Å²) in [5.41, 5.74) is 1.61. The number of hydrogen-bond acceptors (Lipinski definition) is 6. The molecule has 0 aliphatic carbocycles. The highest BCUT2D eigenvalue weighted by atomic mass is 35.5. The van der Waals surface area contributed by atoms with E-state index >= 15 is 0 Å². The largest absolute Gasteiger partial charge is 0.496 e. The minimum absolute atomic E-state index is 0.0256. The van der Waals surface area contributed by atoms with Crippen molar-refractivity contribution in [2.24, 2.45) is 0 Å². The number of esters is 2. The smallest absolute Gasteiger partial charge is 0.471 e. The summed E-state index contributed by atoms with van der Waals surface area (Å²) in [7, 11) is 1.37. The van der Waals surface area contributed by atoms with Crippen molar-refractivity contribution in [3.63, 3.8) is 0 Å². The van der Waals surface area contributed by atoms with Crippen LogP contribution in [0.5, 0.6) is 11.5 Å². The number of ether oxygens (including phenoxy) is 3. The minimum atomic E-state index is -5.18. The van der Waals surface area contributed by atoms with Crippen LogP contribution in [0, 0.1) is 6.92 Å². The number of rotatable bonds is 9. The fourth-order valence-corrected chi connectivity index (χ4v) is 4.58. The van der Waals surface area contributed by atoms with Crippen molar-refractivity contribution in [3.05, 3.63) is 63.2 Å². The first-order valence-corrected chi connectivity index (χ1v) is 12.6. The summed E-state index contributed by atoms with van der Waals surface area (Å²) in [4.78, 5) is 38.2. The second kappa shape index (κ2) is 12.1. The third kappa shape index (κ3) is 6.55. The van der Waals surface area contributed by atoms with Gasteiger partial charge in [0.2, 0.25) is 0 Å². The van der Waals surface area contributed by atoms with Crippen LogP contribution in [0.4, 0.5) is 18.9 Å². The van der Waals surface area contributed by atoms with Gasteiger partial charge < -0.3 is 19.1 Å². The lowest BCUT2D eigenvalue weighted by Crippen LogP contribution is -2.46. The molecule has 0 unspecified atom stereocenters. The molecular formula is C28H29ClF3NO6. The molecule has 0 aromatic heterocycles. The molecule has 1 aliphatic heterocycles. The van der Waals surface area contributed by atoms with Crippen LogP contribution in [0.1, 0.15) is 60.7 Å². The Hall–Kier alpha value is -3.53. The number of fused-ring (bicyclic) bond motifs is 1. The summed E-state index contributed by atoms with van der Waals surface area (Å²) >= 11 is 6.02. The summed E-state index contributed by atoms with van der Waals surface area (Å²) in [6.07, 6.45) is -3.12. The van der Waals surface area contributed by atoms with Crippen LogP contribution in [0.25, 0.3) is 0 Å². The van der Waals surface area contributed by atoms with Crippen molar-refractivity contribution in [3.8, 4) is 11.5 Å². The van der Waals surface area contributed by atoms with Crippen molar-refractivity contribution in [2.75, 3.05) is 12.0 Å². The molecular weight excluding hydrogens is 539 g/mol. The van der Waals surface area contributed by atoms with Crippen LogP contribution in [-0.2, 0) is 27.4 Å². The lowest BCUT2D eigenvalue weighted by molar-refractivity contribution is -0.170. The predicted octanol–water partition coefficient (Wildman–Crippen LogP) is 6.51. The van der Waals surface area contributed by atoms with Crippen molar-refractivity contribution in [1.82, 2.24) is 0 Å². The van der Waals surface area contributed by atoms with E-state index < -0.39 is 30.1 Å². The van der Waals surface area contributed by atoms with Crippen LogP contribution in [-0.4, -0.2) is 37.2 Å². The first kappa shape index (κ1) is 30.0. The maximum atomic E-state index is 13.7. The molecule has 39 heavy (non-hydrogen) atoms. The Labute approximate surface area is 229 Å². The Kier molecular flexibility index (Phi) is 9.32. The van der Waals surface area contributed by atoms with Crippen molar-refractivity contribution in [1.29, 1.82) is 0 Å². The van der Waals surface area contributed by atoms with E-state index in [0.29, 0.717) is 27.5 Å². The van der Waals surface area contributed by atoms with Gasteiger partial charge in [0, 0.05) is 23.6 Å². The third-order valence-electron chi connectivity index (χ3n) is 6.30. The highest BCUT2D eigenvalue weighted by Crippen LogP contribution is 2.44. The quantitative estimate of drug-likeness (QED) is 0.195. The van der Waals surface area contributed by atoms with E-state index in [1.54, 1.807) is 44.2 Å². The Balaban J connectivity index is 1.98. The monoisotopic (exact) mass is 567 g/mol. The van der Waals surface area contributed by atoms with Gasteiger partial charge in [-0.3, -0.25) is 9.59 Å². The zero-order chi connectivity index (χ0) is 29.1. The summed E-state index contributed by atoms with van der Waals surface area (Å²) < 4.78 is 57.0. The zero-order valence-electron chi connectivity index (χ0n) is 22.2. The fraction of sp³-hybridized carbons (Fsp3) is 0.393. The van der Waals surface area contributed by atoms with Gasteiger partial charge >= 0.3 is 24.0 Å². The lowest BCUT2D eigenvalue weighted by Gasteiger charge is -2.32. The molecule has 11 heteroatoms. The zero-order valence-corrected chi connectivity index (χ0v) is 23.0. The molecule has 3 rings (SSSR count). The van der Waals surface area contributed by atoms with E-state index in [0.717, 1.165) is 5.57 Å². The molecule has 210 valence electrons. The molecule has 0 N–H and O–H groups in total. The number of cyclic esters (lactones) is 1. The number of amides is 1. The number of carbonyl (C=O) groups is 3. The standard InChI is InChI=1S/C28H29ClF3NO6/c1-15(2)33(27(36)28(30,31)32)24-18(25(37-5)17(4)19-14-38-26(35)23(19)24)12-10-16(3)11-13-22(34)39-21-9-7-6-8-20(21)29/h6-10,15H,11-14H2,1-5H3. The number of benzene rings is 2. The second-order valence-electron chi connectivity index (χ2n) is 9.34. The van der Waals surface area contributed by atoms with Crippen LogP contribution in [0.2, 0.25) is 5.02 Å². The highest BCUT2D eigenvalue weighted by molar-refractivity contribution is 6.32. The summed E-state index contributed by atoms with van der Waals surface area (Å²) in [5.74, 6) is -2.93.